The summed E-state index contributed by atoms with van der Waals surface area (Å²) in [6, 6.07) is 12.1. The first-order valence-electron chi connectivity index (χ1n) is 8.98. The van der Waals surface area contributed by atoms with Crippen LogP contribution in [0.15, 0.2) is 55.3 Å². The number of nitrogens with zero attached hydrogens (tertiary/aromatic N) is 2. The lowest BCUT2D eigenvalue weighted by molar-refractivity contribution is -0.133. The van der Waals surface area contributed by atoms with Gasteiger partial charge in [-0.05, 0) is 35.2 Å². The number of methoxy groups -OCH3 is 1. The Morgan fingerprint density at radius 1 is 1.27 bits per heavy atom. The SMILES string of the molecule is C=CCN(Cc1cccn1Cc1cccc(OC)c1)C(=O)CC(C)(C)C. The third-order valence-electron chi connectivity index (χ3n) is 4.15. The van der Waals surface area contributed by atoms with Gasteiger partial charge in [-0.15, -0.1) is 6.58 Å². The zero-order valence-electron chi connectivity index (χ0n) is 16.4. The fourth-order valence-corrected chi connectivity index (χ4v) is 2.89. The molecule has 0 aliphatic heterocycles. The van der Waals surface area contributed by atoms with Crippen LogP contribution in [-0.4, -0.2) is 29.0 Å². The highest BCUT2D eigenvalue weighted by molar-refractivity contribution is 5.77. The Labute approximate surface area is 157 Å². The van der Waals surface area contributed by atoms with E-state index < -0.39 is 0 Å². The first kappa shape index (κ1) is 19.8. The summed E-state index contributed by atoms with van der Waals surface area (Å²) in [7, 11) is 1.67. The summed E-state index contributed by atoms with van der Waals surface area (Å²) in [5.41, 5.74) is 2.24. The molecule has 0 saturated carbocycles. The van der Waals surface area contributed by atoms with Gasteiger partial charge in [0, 0.05) is 31.4 Å². The van der Waals surface area contributed by atoms with Gasteiger partial charge in [-0.1, -0.05) is 39.0 Å². The smallest absolute Gasteiger partial charge is 0.223 e. The number of aromatic nitrogens is 1. The minimum atomic E-state index is -0.0287. The molecule has 0 saturated heterocycles. The van der Waals surface area contributed by atoms with Crippen LogP contribution in [-0.2, 0) is 17.9 Å². The zero-order chi connectivity index (χ0) is 19.2. The third kappa shape index (κ3) is 5.80. The van der Waals surface area contributed by atoms with E-state index in [1.165, 1.54) is 0 Å². The van der Waals surface area contributed by atoms with Crippen LogP contribution in [0.3, 0.4) is 0 Å². The Balaban J connectivity index is 2.14. The number of ether oxygens (including phenoxy) is 1. The van der Waals surface area contributed by atoms with E-state index in [4.69, 9.17) is 4.74 Å². The molecule has 0 spiro atoms. The number of amides is 1. The van der Waals surface area contributed by atoms with Crippen LogP contribution in [0.1, 0.15) is 38.4 Å². The molecule has 0 fully saturated rings. The highest BCUT2D eigenvalue weighted by Crippen LogP contribution is 2.21. The van der Waals surface area contributed by atoms with Gasteiger partial charge < -0.3 is 14.2 Å². The Hall–Kier alpha value is -2.49. The van der Waals surface area contributed by atoms with Crippen LogP contribution in [0.4, 0.5) is 0 Å². The minimum absolute atomic E-state index is 0.0287. The van der Waals surface area contributed by atoms with Gasteiger partial charge >= 0.3 is 0 Å². The maximum absolute atomic E-state index is 12.7. The van der Waals surface area contributed by atoms with Gasteiger partial charge in [0.15, 0.2) is 0 Å². The van der Waals surface area contributed by atoms with E-state index in [2.05, 4.69) is 50.2 Å². The number of carbonyl (C=O) groups is 1. The summed E-state index contributed by atoms with van der Waals surface area (Å²) < 4.78 is 7.48. The number of carbonyl (C=O) groups excluding carboxylic acids is 1. The lowest BCUT2D eigenvalue weighted by Gasteiger charge is -2.26. The summed E-state index contributed by atoms with van der Waals surface area (Å²) in [5.74, 6) is 1.01. The average molecular weight is 354 g/mol. The van der Waals surface area contributed by atoms with Gasteiger partial charge in [0.1, 0.15) is 5.75 Å². The van der Waals surface area contributed by atoms with Crippen molar-refractivity contribution in [1.29, 1.82) is 0 Å². The number of hydrogen-bond acceptors (Lipinski definition) is 2. The topological polar surface area (TPSA) is 34.5 Å². The molecule has 0 N–H and O–H groups in total. The maximum Gasteiger partial charge on any atom is 0.223 e. The van der Waals surface area contributed by atoms with E-state index in [0.717, 1.165) is 23.6 Å². The molecule has 0 unspecified atom stereocenters. The van der Waals surface area contributed by atoms with Gasteiger partial charge in [0.25, 0.3) is 0 Å². The summed E-state index contributed by atoms with van der Waals surface area (Å²) in [5, 5.41) is 0. The lowest BCUT2D eigenvalue weighted by Crippen LogP contribution is -2.34. The molecule has 2 rings (SSSR count). The van der Waals surface area contributed by atoms with Gasteiger partial charge in [0.2, 0.25) is 5.91 Å². The van der Waals surface area contributed by atoms with Crippen molar-refractivity contribution in [2.75, 3.05) is 13.7 Å². The largest absolute Gasteiger partial charge is 0.497 e. The second-order valence-electron chi connectivity index (χ2n) is 7.78. The van der Waals surface area contributed by atoms with E-state index in [-0.39, 0.29) is 11.3 Å². The summed E-state index contributed by atoms with van der Waals surface area (Å²) in [4.78, 5) is 14.6. The first-order valence-corrected chi connectivity index (χ1v) is 8.98. The Bertz CT molecular complexity index is 741. The molecular formula is C22H30N2O2. The van der Waals surface area contributed by atoms with Crippen LogP contribution in [0.2, 0.25) is 0 Å². The van der Waals surface area contributed by atoms with Crippen molar-refractivity contribution in [1.82, 2.24) is 9.47 Å². The Morgan fingerprint density at radius 3 is 2.69 bits per heavy atom. The maximum atomic E-state index is 12.7. The fourth-order valence-electron chi connectivity index (χ4n) is 2.89. The molecule has 0 radical (unpaired) electrons. The molecular weight excluding hydrogens is 324 g/mol. The fraction of sp³-hybridized carbons (Fsp3) is 0.409. The summed E-state index contributed by atoms with van der Waals surface area (Å²) >= 11 is 0. The molecule has 1 aromatic heterocycles. The Kier molecular flexibility index (Phi) is 6.67. The first-order chi connectivity index (χ1) is 12.3. The molecule has 4 nitrogen and oxygen atoms in total. The monoisotopic (exact) mass is 354 g/mol. The van der Waals surface area contributed by atoms with Crippen LogP contribution >= 0.6 is 0 Å². The minimum Gasteiger partial charge on any atom is -0.497 e. The predicted octanol–water partition coefficient (Wildman–Crippen LogP) is 4.50. The zero-order valence-corrected chi connectivity index (χ0v) is 16.4. The molecule has 0 atom stereocenters. The number of hydrogen-bond donors (Lipinski definition) is 0. The van der Waals surface area contributed by atoms with Crippen LogP contribution in [0.25, 0.3) is 0 Å². The molecule has 1 aromatic carbocycles. The molecule has 1 heterocycles. The number of benzene rings is 1. The van der Waals surface area contributed by atoms with Crippen molar-refractivity contribution in [3.05, 3.63) is 66.5 Å². The van der Waals surface area contributed by atoms with Crippen molar-refractivity contribution in [2.45, 2.75) is 40.3 Å². The van der Waals surface area contributed by atoms with E-state index in [0.29, 0.717) is 19.5 Å². The quantitative estimate of drug-likeness (QED) is 0.654. The van der Waals surface area contributed by atoms with Crippen LogP contribution in [0.5, 0.6) is 5.75 Å². The van der Waals surface area contributed by atoms with E-state index in [1.807, 2.05) is 29.2 Å². The molecule has 26 heavy (non-hydrogen) atoms. The third-order valence-corrected chi connectivity index (χ3v) is 4.15. The normalized spacial score (nSPS) is 11.2. The van der Waals surface area contributed by atoms with Gasteiger partial charge in [-0.2, -0.15) is 0 Å². The van der Waals surface area contributed by atoms with Crippen LogP contribution < -0.4 is 4.74 Å². The number of rotatable bonds is 8. The molecule has 140 valence electrons. The van der Waals surface area contributed by atoms with E-state index in [9.17, 15) is 4.79 Å². The second-order valence-corrected chi connectivity index (χ2v) is 7.78. The van der Waals surface area contributed by atoms with E-state index in [1.54, 1.807) is 13.2 Å². The highest BCUT2D eigenvalue weighted by atomic mass is 16.5. The Morgan fingerprint density at radius 2 is 2.04 bits per heavy atom. The summed E-state index contributed by atoms with van der Waals surface area (Å²) in [6.07, 6.45) is 4.36. The van der Waals surface area contributed by atoms with Gasteiger partial charge in [-0.3, -0.25) is 4.79 Å². The van der Waals surface area contributed by atoms with Crippen molar-refractivity contribution in [3.63, 3.8) is 0 Å². The molecule has 1 amide bonds. The molecule has 0 aliphatic carbocycles. The van der Waals surface area contributed by atoms with E-state index >= 15 is 0 Å². The standard InChI is InChI=1S/C22H30N2O2/c1-6-12-24(21(25)15-22(2,3)4)17-19-10-8-13-23(19)16-18-9-7-11-20(14-18)26-5/h6-11,13-14H,1,12,15-17H2,2-5H3. The predicted molar refractivity (Wildman–Crippen MR) is 106 cm³/mol. The highest BCUT2D eigenvalue weighted by Gasteiger charge is 2.21. The lowest BCUT2D eigenvalue weighted by atomic mass is 9.91. The van der Waals surface area contributed by atoms with Crippen LogP contribution in [0, 0.1) is 5.41 Å². The van der Waals surface area contributed by atoms with Gasteiger partial charge in [-0.25, -0.2) is 0 Å². The van der Waals surface area contributed by atoms with Crippen molar-refractivity contribution in [2.24, 2.45) is 5.41 Å². The van der Waals surface area contributed by atoms with Gasteiger partial charge in [0.05, 0.1) is 13.7 Å². The second kappa shape index (κ2) is 8.75. The molecule has 2 aromatic rings. The molecule has 0 bridgehead atoms. The van der Waals surface area contributed by atoms with Crippen molar-refractivity contribution in [3.8, 4) is 5.75 Å². The molecule has 0 aliphatic rings. The molecule has 4 heteroatoms. The average Bonchev–Trinajstić information content (AvgIpc) is 3.00. The summed E-state index contributed by atoms with van der Waals surface area (Å²) in [6.45, 7) is 11.9. The van der Waals surface area contributed by atoms with Crippen molar-refractivity contribution >= 4 is 5.91 Å². The van der Waals surface area contributed by atoms with Crippen molar-refractivity contribution < 1.29 is 9.53 Å².